The molecule has 0 unspecified atom stereocenters. The van der Waals surface area contributed by atoms with E-state index in [1.807, 2.05) is 64.2 Å². The molecule has 0 aromatic rings. The molecule has 4 aliphatic rings. The first-order valence-corrected chi connectivity index (χ1v) is 8.30. The van der Waals surface area contributed by atoms with Gasteiger partial charge in [-0.15, -0.1) is 0 Å². The smallest absolute Gasteiger partial charge is 0.0312 e. The minimum Gasteiger partial charge on any atom is -0.0312 e. The Morgan fingerprint density at radius 1 is 0.400 bits per heavy atom. The van der Waals surface area contributed by atoms with Gasteiger partial charge in [-0.05, 0) is 89.9 Å². The van der Waals surface area contributed by atoms with E-state index in [1.54, 1.807) is 0 Å². The van der Waals surface area contributed by atoms with Gasteiger partial charge in [0.15, 0.2) is 0 Å². The second-order valence-corrected chi connectivity index (χ2v) is 4.56. The zero-order chi connectivity index (χ0) is 22.1. The first-order valence-electron chi connectivity index (χ1n) is 8.30. The molecule has 8 heteroatoms. The Morgan fingerprint density at radius 3 is 0.600 bits per heavy atom. The molecule has 0 atom stereocenters. The van der Waals surface area contributed by atoms with E-state index in [4.69, 9.17) is 28.1 Å². The molecule has 2 saturated heterocycles. The molecule has 0 bridgehead atoms. The van der Waals surface area contributed by atoms with E-state index in [0.29, 0.717) is 0 Å². The van der Waals surface area contributed by atoms with Gasteiger partial charge in [0.2, 0.25) is 0 Å². The fraction of sp³-hybridized carbons (Fsp3) is 0.364. The third-order valence-electron chi connectivity index (χ3n) is 2.77. The molecule has 0 spiro atoms. The largest absolute Gasteiger partial charge is 3.00 e. The summed E-state index contributed by atoms with van der Waals surface area (Å²) in [6.45, 7) is 22.0. The summed E-state index contributed by atoms with van der Waals surface area (Å²) in [6, 6.07) is 0. The Kier molecular flexibility index (Phi) is 83.2. The van der Waals surface area contributed by atoms with E-state index >= 15 is 0 Å². The average Bonchev–Trinajstić information content (AvgIpc) is 3.66. The molecular weight excluding hydrogens is 467 g/mol. The molecule has 0 amide bonds. The Bertz CT molecular complexity index is 224. The van der Waals surface area contributed by atoms with Gasteiger partial charge in [0.05, 0.1) is 0 Å². The number of ether oxygens (including phenoxy) is 2. The van der Waals surface area contributed by atoms with Crippen LogP contribution in [0.3, 0.4) is 0 Å². The normalized spacial score (nSPS) is 16.3. The molecular formula is C22H26CoO6Ti+3. The summed E-state index contributed by atoms with van der Waals surface area (Å²) in [5.41, 5.74) is 0. The van der Waals surface area contributed by atoms with E-state index in [-0.39, 0.29) is 38.5 Å². The minimum atomic E-state index is 0. The standard InChI is InChI=1S/2C5H5.2C4H8O.4CO.Co.Ti/c4*1-2-4-5-3-1;4*1-2;;/h2*1-5H;2*1-4H2;;;;;;/q;;;;;;;;;+3. The molecule has 30 heavy (non-hydrogen) atoms. The van der Waals surface area contributed by atoms with Crippen molar-refractivity contribution in [3.05, 3.63) is 90.8 Å². The molecule has 4 fully saturated rings. The zero-order valence-corrected chi connectivity index (χ0v) is 19.3. The van der Waals surface area contributed by atoms with Crippen molar-refractivity contribution in [3.8, 4) is 0 Å². The number of rotatable bonds is 0. The van der Waals surface area contributed by atoms with E-state index in [1.165, 1.54) is 25.7 Å². The molecule has 6 nitrogen and oxygen atoms in total. The molecule has 160 valence electrons. The summed E-state index contributed by atoms with van der Waals surface area (Å²) in [7, 11) is 0. The minimum absolute atomic E-state index is 0. The van der Waals surface area contributed by atoms with Gasteiger partial charge < -0.3 is 9.47 Å². The van der Waals surface area contributed by atoms with E-state index in [0.717, 1.165) is 26.4 Å². The van der Waals surface area contributed by atoms with Crippen LogP contribution in [-0.2, 0) is 66.6 Å². The predicted molar refractivity (Wildman–Crippen MR) is 98.8 cm³/mol. The molecule has 12 radical (unpaired) electrons. The second kappa shape index (κ2) is 56.9. The van der Waals surface area contributed by atoms with Gasteiger partial charge in [-0.2, -0.15) is 0 Å². The maximum atomic E-state index is 7.50. The van der Waals surface area contributed by atoms with Crippen molar-refractivity contribution in [1.29, 1.82) is 0 Å². The van der Waals surface area contributed by atoms with Crippen molar-refractivity contribution in [1.82, 2.24) is 0 Å². The Labute approximate surface area is 208 Å². The fourth-order valence-corrected chi connectivity index (χ4v) is 1.66. The second-order valence-electron chi connectivity index (χ2n) is 4.56. The van der Waals surface area contributed by atoms with Gasteiger partial charge in [-0.1, -0.05) is 0 Å². The summed E-state index contributed by atoms with van der Waals surface area (Å²) >= 11 is 0. The third kappa shape index (κ3) is 51.1. The fourth-order valence-electron chi connectivity index (χ4n) is 1.66. The van der Waals surface area contributed by atoms with E-state index < -0.39 is 0 Å². The average molecular weight is 493 g/mol. The van der Waals surface area contributed by atoms with Gasteiger partial charge in [0, 0.05) is 43.2 Å². The van der Waals surface area contributed by atoms with Crippen molar-refractivity contribution in [2.45, 2.75) is 25.7 Å². The van der Waals surface area contributed by atoms with Crippen molar-refractivity contribution >= 4 is 0 Å². The van der Waals surface area contributed by atoms with Gasteiger partial charge >= 0.3 is 66.9 Å². The van der Waals surface area contributed by atoms with Crippen LogP contribution in [0, 0.1) is 90.8 Å². The molecule has 0 N–H and O–H groups in total. The molecule has 4 rings (SSSR count). The summed E-state index contributed by atoms with van der Waals surface area (Å²) in [4.78, 5) is 0. The van der Waals surface area contributed by atoms with Crippen molar-refractivity contribution in [3.63, 3.8) is 0 Å². The van der Waals surface area contributed by atoms with Crippen molar-refractivity contribution in [2.24, 2.45) is 0 Å². The van der Waals surface area contributed by atoms with Crippen LogP contribution >= 0.6 is 0 Å². The Morgan fingerprint density at radius 2 is 0.533 bits per heavy atom. The van der Waals surface area contributed by atoms with Crippen molar-refractivity contribution in [2.75, 3.05) is 26.4 Å². The van der Waals surface area contributed by atoms with Crippen LogP contribution in [0.1, 0.15) is 25.7 Å². The Hall–Kier alpha value is 0.101. The van der Waals surface area contributed by atoms with Crippen LogP contribution in [0.4, 0.5) is 0 Å². The van der Waals surface area contributed by atoms with Crippen LogP contribution in [0.15, 0.2) is 0 Å². The molecule has 2 heterocycles. The molecule has 2 aliphatic heterocycles. The predicted octanol–water partition coefficient (Wildman–Crippen LogP) is 3.48. The summed E-state index contributed by atoms with van der Waals surface area (Å²) in [5.74, 6) is 0. The van der Waals surface area contributed by atoms with Crippen LogP contribution in [0.5, 0.6) is 0 Å². The summed E-state index contributed by atoms with van der Waals surface area (Å²) in [5, 5.41) is 0. The quantitative estimate of drug-likeness (QED) is 0.293. The van der Waals surface area contributed by atoms with Gasteiger partial charge in [-0.3, -0.25) is 0 Å². The maximum absolute atomic E-state index is 7.50. The number of hydrogen-bond donors (Lipinski definition) is 0. The van der Waals surface area contributed by atoms with Gasteiger partial charge in [-0.25, -0.2) is 0 Å². The molecule has 2 aliphatic carbocycles. The van der Waals surface area contributed by atoms with Crippen LogP contribution < -0.4 is 0 Å². The summed E-state index contributed by atoms with van der Waals surface area (Å²) < 4.78 is 39.9. The monoisotopic (exact) mass is 493 g/mol. The van der Waals surface area contributed by atoms with Crippen molar-refractivity contribution < 1.29 is 66.6 Å². The number of hydrogen-bond acceptors (Lipinski definition) is 2. The SMILES string of the molecule is C1CCOC1.C1CCOC1.[C-]#[O+].[C-]#[O+].[C-]#[O+].[C-]#[O+].[CH]1[CH][CH][CH][CH]1.[CH]1[CH][CH][CH][CH]1.[Co].[Ti+3]. The first kappa shape index (κ1) is 43.9. The Balaban J connectivity index is -0.0000000566. The van der Waals surface area contributed by atoms with Gasteiger partial charge in [0.25, 0.3) is 0 Å². The van der Waals surface area contributed by atoms with Gasteiger partial charge in [0.1, 0.15) is 0 Å². The third-order valence-corrected chi connectivity index (χ3v) is 2.77. The topological polar surface area (TPSA) is 98.1 Å². The first-order chi connectivity index (χ1) is 14.0. The van der Waals surface area contributed by atoms with Crippen LogP contribution in [0.25, 0.3) is 0 Å². The van der Waals surface area contributed by atoms with Crippen LogP contribution in [0.2, 0.25) is 0 Å². The molecule has 2 saturated carbocycles. The maximum Gasteiger partial charge on any atom is 3.00 e. The van der Waals surface area contributed by atoms with E-state index in [2.05, 4.69) is 26.6 Å². The zero-order valence-electron chi connectivity index (χ0n) is 16.7. The molecule has 0 aromatic carbocycles. The summed E-state index contributed by atoms with van der Waals surface area (Å²) in [6.07, 6.45) is 25.1. The van der Waals surface area contributed by atoms with Crippen LogP contribution in [-0.4, -0.2) is 26.4 Å². The molecule has 0 aromatic heterocycles. The van der Waals surface area contributed by atoms with E-state index in [9.17, 15) is 0 Å².